The molecule has 0 bridgehead atoms. The van der Waals surface area contributed by atoms with Gasteiger partial charge in [0.05, 0.1) is 24.2 Å². The lowest BCUT2D eigenvalue weighted by Crippen LogP contribution is -2.50. The van der Waals surface area contributed by atoms with E-state index in [4.69, 9.17) is 21.9 Å². The van der Waals surface area contributed by atoms with Gasteiger partial charge in [0.25, 0.3) is 0 Å². The lowest BCUT2D eigenvalue weighted by atomic mass is 9.87. The summed E-state index contributed by atoms with van der Waals surface area (Å²) >= 11 is 5.97. The van der Waals surface area contributed by atoms with Crippen molar-refractivity contribution in [1.82, 2.24) is 9.55 Å². The number of benzene rings is 1. The van der Waals surface area contributed by atoms with Crippen molar-refractivity contribution in [1.29, 1.82) is 10.5 Å². The minimum absolute atomic E-state index is 0.322. The van der Waals surface area contributed by atoms with Crippen molar-refractivity contribution >= 4 is 40.4 Å². The first-order valence-electron chi connectivity index (χ1n) is 12.5. The summed E-state index contributed by atoms with van der Waals surface area (Å²) in [7, 11) is 0. The Labute approximate surface area is 215 Å². The molecule has 4 heterocycles. The zero-order valence-corrected chi connectivity index (χ0v) is 21.0. The van der Waals surface area contributed by atoms with Crippen LogP contribution in [-0.2, 0) is 4.74 Å². The van der Waals surface area contributed by atoms with Gasteiger partial charge in [-0.1, -0.05) is 36.3 Å². The van der Waals surface area contributed by atoms with E-state index in [1.807, 2.05) is 35.8 Å². The van der Waals surface area contributed by atoms with Crippen molar-refractivity contribution in [2.75, 3.05) is 41.8 Å². The van der Waals surface area contributed by atoms with E-state index in [-0.39, 0.29) is 5.66 Å². The van der Waals surface area contributed by atoms with E-state index in [1.165, 1.54) is 6.42 Å². The highest BCUT2D eigenvalue weighted by molar-refractivity contribution is 7.71. The number of ether oxygens (including phenoxy) is 1. The second-order valence-corrected chi connectivity index (χ2v) is 10.2. The minimum atomic E-state index is -0.357. The summed E-state index contributed by atoms with van der Waals surface area (Å²) in [6.45, 7) is 4.47. The SMILES string of the molecule is Cc1ccc(-n2c3c4c(nc(N5CCOCC5)c(C#N)c4c(C#N)c2=S)NC2(CCCCC2)N3)cc1. The maximum Gasteiger partial charge on any atom is 0.149 e. The van der Waals surface area contributed by atoms with Gasteiger partial charge in [0.2, 0.25) is 0 Å². The van der Waals surface area contributed by atoms with Crippen LogP contribution in [0.25, 0.3) is 16.5 Å². The Morgan fingerprint density at radius 2 is 1.67 bits per heavy atom. The molecule has 2 aliphatic heterocycles. The van der Waals surface area contributed by atoms with Crippen molar-refractivity contribution in [3.8, 4) is 17.8 Å². The number of aryl methyl sites for hydroxylation is 1. The summed E-state index contributed by atoms with van der Waals surface area (Å²) < 4.78 is 7.89. The van der Waals surface area contributed by atoms with Crippen LogP contribution in [0, 0.1) is 34.2 Å². The molecule has 2 N–H and O–H groups in total. The first kappa shape index (κ1) is 22.8. The van der Waals surface area contributed by atoms with Crippen molar-refractivity contribution in [2.45, 2.75) is 44.7 Å². The molecule has 1 aromatic carbocycles. The molecule has 2 aromatic heterocycles. The van der Waals surface area contributed by atoms with E-state index in [1.54, 1.807) is 0 Å². The quantitative estimate of drug-likeness (QED) is 0.469. The van der Waals surface area contributed by atoms with Crippen LogP contribution in [0.4, 0.5) is 17.5 Å². The Morgan fingerprint density at radius 3 is 2.33 bits per heavy atom. The summed E-state index contributed by atoms with van der Waals surface area (Å²) in [5.74, 6) is 2.09. The van der Waals surface area contributed by atoms with Crippen molar-refractivity contribution in [3.05, 3.63) is 45.6 Å². The molecule has 1 saturated carbocycles. The molecule has 9 heteroatoms. The van der Waals surface area contributed by atoms with Crippen LogP contribution >= 0.6 is 12.2 Å². The Balaban J connectivity index is 1.72. The highest BCUT2D eigenvalue weighted by Crippen LogP contribution is 2.46. The molecule has 2 fully saturated rings. The number of hydrogen-bond acceptors (Lipinski definition) is 8. The zero-order valence-electron chi connectivity index (χ0n) is 20.2. The molecule has 36 heavy (non-hydrogen) atoms. The van der Waals surface area contributed by atoms with Gasteiger partial charge in [-0.25, -0.2) is 4.98 Å². The number of nitriles is 2. The average Bonchev–Trinajstić information content (AvgIpc) is 2.90. The third-order valence-corrected chi connectivity index (χ3v) is 7.94. The van der Waals surface area contributed by atoms with Gasteiger partial charge in [-0.2, -0.15) is 10.5 Å². The molecule has 8 nitrogen and oxygen atoms in total. The minimum Gasteiger partial charge on any atom is -0.378 e. The van der Waals surface area contributed by atoms with Crippen LogP contribution in [0.3, 0.4) is 0 Å². The van der Waals surface area contributed by atoms with Crippen molar-refractivity contribution in [2.24, 2.45) is 0 Å². The van der Waals surface area contributed by atoms with E-state index in [9.17, 15) is 10.5 Å². The van der Waals surface area contributed by atoms with Gasteiger partial charge in [0.15, 0.2) is 0 Å². The third kappa shape index (κ3) is 3.50. The van der Waals surface area contributed by atoms with Crippen LogP contribution in [-0.4, -0.2) is 41.5 Å². The number of anilines is 3. The van der Waals surface area contributed by atoms with Gasteiger partial charge in [-0.15, -0.1) is 0 Å². The topological polar surface area (TPSA) is 102 Å². The van der Waals surface area contributed by atoms with Gasteiger partial charge >= 0.3 is 0 Å². The Kier molecular flexibility index (Phi) is 5.55. The monoisotopic (exact) mass is 497 g/mol. The smallest absolute Gasteiger partial charge is 0.149 e. The lowest BCUT2D eigenvalue weighted by molar-refractivity contribution is 0.122. The van der Waals surface area contributed by atoms with Crippen LogP contribution in [0.5, 0.6) is 0 Å². The molecule has 182 valence electrons. The Bertz CT molecular complexity index is 1500. The molecular formula is C27H27N7OS. The molecule has 0 unspecified atom stereocenters. The number of hydrogen-bond donors (Lipinski definition) is 2. The number of nitrogens with one attached hydrogen (secondary N) is 2. The fourth-order valence-corrected chi connectivity index (χ4v) is 6.08. The highest BCUT2D eigenvalue weighted by Gasteiger charge is 2.40. The summed E-state index contributed by atoms with van der Waals surface area (Å²) in [6, 6.07) is 12.8. The normalized spacial score (nSPS) is 18.2. The molecule has 1 saturated heterocycles. The van der Waals surface area contributed by atoms with Gasteiger partial charge < -0.3 is 20.3 Å². The van der Waals surface area contributed by atoms with Gasteiger partial charge in [0, 0.05) is 24.2 Å². The zero-order chi connectivity index (χ0) is 24.9. The maximum absolute atomic E-state index is 10.4. The molecule has 3 aliphatic rings. The largest absolute Gasteiger partial charge is 0.378 e. The summed E-state index contributed by atoms with van der Waals surface area (Å²) in [4.78, 5) is 7.15. The Morgan fingerprint density at radius 1 is 0.972 bits per heavy atom. The van der Waals surface area contributed by atoms with Crippen LogP contribution in [0.15, 0.2) is 24.3 Å². The average molecular weight is 498 g/mol. The molecule has 1 spiro atoms. The van der Waals surface area contributed by atoms with E-state index < -0.39 is 0 Å². The number of pyridine rings is 2. The number of morpholine rings is 1. The molecule has 6 rings (SSSR count). The van der Waals surface area contributed by atoms with E-state index in [0.29, 0.717) is 59.1 Å². The van der Waals surface area contributed by atoms with Gasteiger partial charge in [-0.3, -0.25) is 4.57 Å². The van der Waals surface area contributed by atoms with Crippen molar-refractivity contribution < 1.29 is 4.74 Å². The lowest BCUT2D eigenvalue weighted by Gasteiger charge is -2.44. The summed E-state index contributed by atoms with van der Waals surface area (Å²) in [5, 5.41) is 29.5. The van der Waals surface area contributed by atoms with Crippen LogP contribution < -0.4 is 15.5 Å². The number of aromatic nitrogens is 2. The van der Waals surface area contributed by atoms with Gasteiger partial charge in [-0.05, 0) is 44.7 Å². The fraction of sp³-hybridized carbons (Fsp3) is 0.407. The van der Waals surface area contributed by atoms with E-state index >= 15 is 0 Å². The van der Waals surface area contributed by atoms with Crippen molar-refractivity contribution in [3.63, 3.8) is 0 Å². The van der Waals surface area contributed by atoms with Gasteiger partial charge in [0.1, 0.15) is 45.5 Å². The first-order valence-corrected chi connectivity index (χ1v) is 12.9. The predicted molar refractivity (Wildman–Crippen MR) is 142 cm³/mol. The second kappa shape index (κ2) is 8.77. The standard InChI is InChI=1S/C27H27N7OS/c1-17-5-7-18(8-6-17)34-25-22-21(20(16-29)26(34)36)19(15-28)24(33-11-13-35-14-12-33)30-23(22)31-27(32-25)9-3-2-4-10-27/h5-8,32H,2-4,9-14H2,1H3,(H,30,31). The Hall–Kier alpha value is -3.66. The molecular weight excluding hydrogens is 470 g/mol. The molecule has 0 amide bonds. The molecule has 0 radical (unpaired) electrons. The molecule has 3 aromatic rings. The second-order valence-electron chi connectivity index (χ2n) is 9.82. The van der Waals surface area contributed by atoms with E-state index in [2.05, 4.69) is 27.7 Å². The predicted octanol–water partition coefficient (Wildman–Crippen LogP) is 5.14. The molecule has 1 aliphatic carbocycles. The van der Waals surface area contributed by atoms with Crippen LogP contribution in [0.1, 0.15) is 48.8 Å². The van der Waals surface area contributed by atoms with Crippen LogP contribution in [0.2, 0.25) is 0 Å². The number of rotatable bonds is 2. The van der Waals surface area contributed by atoms with E-state index in [0.717, 1.165) is 48.1 Å². The third-order valence-electron chi connectivity index (χ3n) is 7.55. The fourth-order valence-electron chi connectivity index (χ4n) is 5.74. The number of nitrogens with zero attached hydrogens (tertiary/aromatic N) is 5. The first-order chi connectivity index (χ1) is 17.5. The summed E-state index contributed by atoms with van der Waals surface area (Å²) in [5.41, 5.74) is 2.37. The molecule has 0 atom stereocenters. The maximum atomic E-state index is 10.4. The summed E-state index contributed by atoms with van der Waals surface area (Å²) in [6.07, 6.45) is 5.30. The highest BCUT2D eigenvalue weighted by atomic mass is 32.1.